The molecule has 10 aromatic rings. The van der Waals surface area contributed by atoms with Gasteiger partial charge >= 0.3 is 12.4 Å². The highest BCUT2D eigenvalue weighted by Crippen LogP contribution is 2.44. The van der Waals surface area contributed by atoms with Gasteiger partial charge in [-0.1, -0.05) is 146 Å². The number of aromatic nitrogens is 4. The van der Waals surface area contributed by atoms with E-state index in [4.69, 9.17) is 15.0 Å². The number of rotatable bonds is 7. The molecule has 10 rings (SSSR count). The molecule has 0 aliphatic rings. The van der Waals surface area contributed by atoms with Crippen molar-refractivity contribution in [3.8, 4) is 73.2 Å². The Labute approximate surface area is 357 Å². The van der Waals surface area contributed by atoms with Crippen molar-refractivity contribution in [2.24, 2.45) is 0 Å². The van der Waals surface area contributed by atoms with Gasteiger partial charge in [-0.15, -0.1) is 0 Å². The van der Waals surface area contributed by atoms with Crippen LogP contribution in [0.5, 0.6) is 0 Å². The van der Waals surface area contributed by atoms with Gasteiger partial charge in [0.05, 0.1) is 27.8 Å². The first-order chi connectivity index (χ1) is 30.5. The fourth-order valence-corrected chi connectivity index (χ4v) is 8.05. The summed E-state index contributed by atoms with van der Waals surface area (Å²) in [7, 11) is 0. The Morgan fingerprint density at radius 3 is 1.11 bits per heavy atom. The zero-order chi connectivity index (χ0) is 43.3. The average molecular weight is 839 g/mol. The first-order valence-electron chi connectivity index (χ1n) is 20.0. The molecular formula is C53H32F6N4. The molecule has 4 nitrogen and oxygen atoms in total. The molecule has 63 heavy (non-hydrogen) atoms. The van der Waals surface area contributed by atoms with Gasteiger partial charge in [0.15, 0.2) is 17.5 Å². The van der Waals surface area contributed by atoms with Crippen LogP contribution in [-0.2, 0) is 12.4 Å². The minimum absolute atomic E-state index is 0.133. The summed E-state index contributed by atoms with van der Waals surface area (Å²) in [5.41, 5.74) is 4.46. The first kappa shape index (κ1) is 39.3. The molecule has 0 N–H and O–H groups in total. The molecule has 0 bridgehead atoms. The molecule has 0 aliphatic heterocycles. The molecule has 0 aliphatic carbocycles. The minimum Gasteiger partial charge on any atom is -0.309 e. The number of halogens is 6. The summed E-state index contributed by atoms with van der Waals surface area (Å²) in [6, 6.07) is 57.0. The summed E-state index contributed by atoms with van der Waals surface area (Å²) in [5, 5.41) is 1.66. The van der Waals surface area contributed by atoms with Crippen molar-refractivity contribution < 1.29 is 26.3 Å². The van der Waals surface area contributed by atoms with Crippen LogP contribution in [0.25, 0.3) is 95.0 Å². The average Bonchev–Trinajstić information content (AvgIpc) is 3.64. The van der Waals surface area contributed by atoms with Gasteiger partial charge in [0.1, 0.15) is 0 Å². The van der Waals surface area contributed by atoms with Gasteiger partial charge in [0.2, 0.25) is 0 Å². The number of nitrogens with zero attached hydrogens (tertiary/aromatic N) is 4. The third-order valence-corrected chi connectivity index (χ3v) is 11.1. The lowest BCUT2D eigenvalue weighted by molar-refractivity contribution is -0.143. The molecular weight excluding hydrogens is 807 g/mol. The first-order valence-corrected chi connectivity index (χ1v) is 20.0. The van der Waals surface area contributed by atoms with Crippen LogP contribution in [0.3, 0.4) is 0 Å². The van der Waals surface area contributed by atoms with E-state index in [1.54, 1.807) is 18.2 Å². The summed E-state index contributed by atoms with van der Waals surface area (Å²) >= 11 is 0. The van der Waals surface area contributed by atoms with Crippen LogP contribution in [0, 0.1) is 0 Å². The molecule has 0 atom stereocenters. The predicted molar refractivity (Wildman–Crippen MR) is 237 cm³/mol. The van der Waals surface area contributed by atoms with E-state index in [1.165, 1.54) is 0 Å². The Balaban J connectivity index is 1.29. The van der Waals surface area contributed by atoms with Crippen LogP contribution in [0.2, 0.25) is 0 Å². The zero-order valence-corrected chi connectivity index (χ0v) is 33.0. The second kappa shape index (κ2) is 15.6. The van der Waals surface area contributed by atoms with Crippen molar-refractivity contribution in [2.45, 2.75) is 12.4 Å². The third kappa shape index (κ3) is 7.61. The van der Waals surface area contributed by atoms with E-state index in [0.717, 1.165) is 56.3 Å². The van der Waals surface area contributed by atoms with Crippen LogP contribution >= 0.6 is 0 Å². The van der Waals surface area contributed by atoms with Gasteiger partial charge in [-0.25, -0.2) is 15.0 Å². The van der Waals surface area contributed by atoms with Crippen molar-refractivity contribution in [3.05, 3.63) is 205 Å². The number of fused-ring (bicyclic) bond motifs is 3. The van der Waals surface area contributed by atoms with Crippen LogP contribution in [-0.4, -0.2) is 19.5 Å². The maximum atomic E-state index is 14.4. The van der Waals surface area contributed by atoms with E-state index in [0.29, 0.717) is 33.9 Å². The fourth-order valence-electron chi connectivity index (χ4n) is 8.05. The maximum absolute atomic E-state index is 14.4. The molecule has 0 radical (unpaired) electrons. The molecule has 0 saturated heterocycles. The van der Waals surface area contributed by atoms with Gasteiger partial charge in [0.25, 0.3) is 0 Å². The van der Waals surface area contributed by atoms with E-state index in [2.05, 4.69) is 12.1 Å². The fraction of sp³-hybridized carbons (Fsp3) is 0.0377. The van der Waals surface area contributed by atoms with Gasteiger partial charge in [-0.3, -0.25) is 0 Å². The second-order valence-electron chi connectivity index (χ2n) is 15.1. The predicted octanol–water partition coefficient (Wildman–Crippen LogP) is 15.0. The smallest absolute Gasteiger partial charge is 0.309 e. The SMILES string of the molecule is FC(F)(F)c1cc(-c2ccc(-c3nc(-c4ccccc4)nc(-c4ccccc4)n3)cc2-n2c3ccc(-c4ccccc4)cc3c3cc(-c4ccccc4)ccc32)cc(C(F)(F)F)c1. The summed E-state index contributed by atoms with van der Waals surface area (Å²) in [4.78, 5) is 14.6. The summed E-state index contributed by atoms with van der Waals surface area (Å²) < 4.78 is 88.6. The lowest BCUT2D eigenvalue weighted by Gasteiger charge is -2.19. The molecule has 8 aromatic carbocycles. The molecule has 0 spiro atoms. The van der Waals surface area contributed by atoms with E-state index < -0.39 is 23.5 Å². The maximum Gasteiger partial charge on any atom is 0.416 e. The van der Waals surface area contributed by atoms with E-state index in [9.17, 15) is 26.3 Å². The number of alkyl halides is 6. The normalized spacial score (nSPS) is 12.0. The summed E-state index contributed by atoms with van der Waals surface area (Å²) in [6.07, 6.45) is -10.1. The van der Waals surface area contributed by atoms with Crippen LogP contribution in [0.15, 0.2) is 194 Å². The third-order valence-electron chi connectivity index (χ3n) is 11.1. The largest absolute Gasteiger partial charge is 0.416 e. The highest BCUT2D eigenvalue weighted by molar-refractivity contribution is 6.12. The molecule has 2 heterocycles. The van der Waals surface area contributed by atoms with Crippen molar-refractivity contribution in [1.82, 2.24) is 19.5 Å². The Hall–Kier alpha value is -7.85. The van der Waals surface area contributed by atoms with Crippen LogP contribution < -0.4 is 0 Å². The Kier molecular flexibility index (Phi) is 9.71. The Morgan fingerprint density at radius 1 is 0.317 bits per heavy atom. The van der Waals surface area contributed by atoms with E-state index in [1.807, 2.05) is 150 Å². The van der Waals surface area contributed by atoms with Crippen LogP contribution in [0.4, 0.5) is 26.3 Å². The standard InChI is InChI=1S/C53H32F6N4/c54-52(55,56)41-27-40(28-42(32-41)53(57,58)59)43-24-21-39(51-61-49(35-17-9-3-10-18-35)60-50(62-51)36-19-11-4-12-20-36)31-48(43)63-46-25-22-37(33-13-5-1-6-14-33)29-44(46)45-30-38(23-26-47(45)63)34-15-7-2-8-16-34/h1-32H. The molecule has 2 aromatic heterocycles. The number of benzene rings is 8. The van der Waals surface area contributed by atoms with E-state index in [-0.39, 0.29) is 23.0 Å². The van der Waals surface area contributed by atoms with Crippen molar-refractivity contribution >= 4 is 21.8 Å². The highest BCUT2D eigenvalue weighted by atomic mass is 19.4. The Morgan fingerprint density at radius 2 is 0.698 bits per heavy atom. The molecule has 0 saturated carbocycles. The lowest BCUT2D eigenvalue weighted by Crippen LogP contribution is -2.11. The van der Waals surface area contributed by atoms with Gasteiger partial charge in [0, 0.05) is 33.0 Å². The van der Waals surface area contributed by atoms with Crippen molar-refractivity contribution in [2.75, 3.05) is 0 Å². The van der Waals surface area contributed by atoms with Crippen molar-refractivity contribution in [3.63, 3.8) is 0 Å². The Bertz CT molecular complexity index is 3100. The molecule has 0 fully saturated rings. The molecule has 306 valence electrons. The molecule has 0 unspecified atom stereocenters. The van der Waals surface area contributed by atoms with Crippen molar-refractivity contribution in [1.29, 1.82) is 0 Å². The topological polar surface area (TPSA) is 43.6 Å². The summed E-state index contributed by atoms with van der Waals surface area (Å²) in [5.74, 6) is 1.03. The van der Waals surface area contributed by atoms with Gasteiger partial charge in [-0.05, 0) is 76.3 Å². The monoisotopic (exact) mass is 838 g/mol. The van der Waals surface area contributed by atoms with Gasteiger partial charge < -0.3 is 4.57 Å². The second-order valence-corrected chi connectivity index (χ2v) is 15.1. The van der Waals surface area contributed by atoms with E-state index >= 15 is 0 Å². The zero-order valence-electron chi connectivity index (χ0n) is 33.0. The molecule has 0 amide bonds. The molecule has 10 heteroatoms. The minimum atomic E-state index is -5.06. The summed E-state index contributed by atoms with van der Waals surface area (Å²) in [6.45, 7) is 0. The quantitative estimate of drug-likeness (QED) is 0.150. The van der Waals surface area contributed by atoms with Crippen LogP contribution in [0.1, 0.15) is 11.1 Å². The highest BCUT2D eigenvalue weighted by Gasteiger charge is 2.37. The lowest BCUT2D eigenvalue weighted by atomic mass is 9.96. The van der Waals surface area contributed by atoms with Gasteiger partial charge in [-0.2, -0.15) is 26.3 Å². The number of hydrogen-bond acceptors (Lipinski definition) is 3. The number of hydrogen-bond donors (Lipinski definition) is 0.